The topological polar surface area (TPSA) is 35.5 Å². The van der Waals surface area contributed by atoms with E-state index in [9.17, 15) is 22.4 Å². The summed E-state index contributed by atoms with van der Waals surface area (Å²) < 4.78 is 60.0. The molecule has 0 saturated carbocycles. The van der Waals surface area contributed by atoms with Crippen molar-refractivity contribution in [2.24, 2.45) is 0 Å². The van der Waals surface area contributed by atoms with Crippen molar-refractivity contribution in [2.45, 2.75) is 6.61 Å². The lowest BCUT2D eigenvalue weighted by Gasteiger charge is -2.10. The van der Waals surface area contributed by atoms with E-state index < -0.39 is 24.0 Å². The Morgan fingerprint density at radius 3 is 2.46 bits per heavy atom. The predicted molar refractivity (Wildman–Crippen MR) is 79.3 cm³/mol. The molecule has 0 fully saturated rings. The quantitative estimate of drug-likeness (QED) is 0.442. The van der Waals surface area contributed by atoms with E-state index in [0.717, 1.165) is 18.2 Å². The molecule has 0 radical (unpaired) electrons. The lowest BCUT2D eigenvalue weighted by Crippen LogP contribution is -2.03. The van der Waals surface area contributed by atoms with Gasteiger partial charge in [-0.15, -0.1) is 0 Å². The number of halogens is 4. The van der Waals surface area contributed by atoms with Gasteiger partial charge in [-0.05, 0) is 35.9 Å². The number of hydrogen-bond donors (Lipinski definition) is 0. The molecule has 0 N–H and O–H groups in total. The number of ether oxygens (including phenoxy) is 2. The Labute approximate surface area is 135 Å². The van der Waals surface area contributed by atoms with Gasteiger partial charge in [0, 0.05) is 6.07 Å². The van der Waals surface area contributed by atoms with Gasteiger partial charge in [-0.3, -0.25) is 4.79 Å². The van der Waals surface area contributed by atoms with Gasteiger partial charge in [0.2, 0.25) is 0 Å². The Hall–Kier alpha value is -2.83. The molecule has 0 aliphatic heterocycles. The standard InChI is InChI=1S/C17H12F4O3/c1-23-16-8-10(3-7-15(16)24-17(20)21)2-6-14(22)12-5-4-11(18)9-13(12)19/h2-9,17H,1H3. The maximum atomic E-state index is 13.5. The fraction of sp³-hybridized carbons (Fsp3) is 0.118. The molecule has 126 valence electrons. The van der Waals surface area contributed by atoms with Crippen molar-refractivity contribution in [2.75, 3.05) is 7.11 Å². The van der Waals surface area contributed by atoms with Crippen molar-refractivity contribution in [3.63, 3.8) is 0 Å². The molecule has 0 saturated heterocycles. The Morgan fingerprint density at radius 2 is 1.83 bits per heavy atom. The number of ketones is 1. The van der Waals surface area contributed by atoms with Crippen molar-refractivity contribution in [3.05, 3.63) is 65.2 Å². The van der Waals surface area contributed by atoms with E-state index in [4.69, 9.17) is 4.74 Å². The first-order chi connectivity index (χ1) is 11.4. The van der Waals surface area contributed by atoms with Gasteiger partial charge in [0.15, 0.2) is 17.3 Å². The smallest absolute Gasteiger partial charge is 0.387 e. The molecule has 0 bridgehead atoms. The molecule has 2 aromatic rings. The summed E-state index contributed by atoms with van der Waals surface area (Å²) >= 11 is 0. The Morgan fingerprint density at radius 1 is 1.08 bits per heavy atom. The van der Waals surface area contributed by atoms with Gasteiger partial charge in [0.1, 0.15) is 11.6 Å². The van der Waals surface area contributed by atoms with Crippen molar-refractivity contribution in [3.8, 4) is 11.5 Å². The molecule has 0 unspecified atom stereocenters. The van der Waals surface area contributed by atoms with E-state index in [0.29, 0.717) is 11.6 Å². The minimum Gasteiger partial charge on any atom is -0.493 e. The number of rotatable bonds is 6. The van der Waals surface area contributed by atoms with E-state index in [1.165, 1.54) is 31.4 Å². The van der Waals surface area contributed by atoms with Crippen molar-refractivity contribution < 1.29 is 31.8 Å². The summed E-state index contributed by atoms with van der Waals surface area (Å²) in [6.07, 6.45) is 2.43. The summed E-state index contributed by atoms with van der Waals surface area (Å²) in [4.78, 5) is 11.9. The second-order valence-corrected chi connectivity index (χ2v) is 4.61. The number of carbonyl (C=O) groups excluding carboxylic acids is 1. The van der Waals surface area contributed by atoms with Crippen molar-refractivity contribution in [1.29, 1.82) is 0 Å². The fourth-order valence-corrected chi connectivity index (χ4v) is 1.93. The van der Waals surface area contributed by atoms with Crippen LogP contribution in [-0.4, -0.2) is 19.5 Å². The van der Waals surface area contributed by atoms with Crippen molar-refractivity contribution in [1.82, 2.24) is 0 Å². The number of allylic oxidation sites excluding steroid dienone is 1. The zero-order valence-electron chi connectivity index (χ0n) is 12.4. The molecule has 3 nitrogen and oxygen atoms in total. The lowest BCUT2D eigenvalue weighted by atomic mass is 10.1. The SMILES string of the molecule is COc1cc(C=CC(=O)c2ccc(F)cc2F)ccc1OC(F)F. The lowest BCUT2D eigenvalue weighted by molar-refractivity contribution is -0.0512. The number of methoxy groups -OCH3 is 1. The molecule has 0 aliphatic carbocycles. The van der Waals surface area contributed by atoms with Gasteiger partial charge in [0.25, 0.3) is 0 Å². The maximum absolute atomic E-state index is 13.5. The zero-order chi connectivity index (χ0) is 17.7. The molecule has 0 amide bonds. The van der Waals surface area contributed by atoms with Crippen LogP contribution >= 0.6 is 0 Å². The molecule has 0 spiro atoms. The highest BCUT2D eigenvalue weighted by atomic mass is 19.3. The third-order valence-electron chi connectivity index (χ3n) is 3.03. The van der Waals surface area contributed by atoms with E-state index in [1.54, 1.807) is 0 Å². The summed E-state index contributed by atoms with van der Waals surface area (Å²) in [7, 11) is 1.28. The van der Waals surface area contributed by atoms with E-state index in [-0.39, 0.29) is 17.1 Å². The van der Waals surface area contributed by atoms with Crippen LogP contribution < -0.4 is 9.47 Å². The predicted octanol–water partition coefficient (Wildman–Crippen LogP) is 4.47. The summed E-state index contributed by atoms with van der Waals surface area (Å²) in [6, 6.07) is 6.68. The van der Waals surface area contributed by atoms with Crippen LogP contribution in [-0.2, 0) is 0 Å². The Bertz CT molecular complexity index is 772. The van der Waals surface area contributed by atoms with Gasteiger partial charge in [-0.1, -0.05) is 12.1 Å². The minimum absolute atomic E-state index is 0.0536. The Balaban J connectivity index is 2.20. The van der Waals surface area contributed by atoms with Crippen LogP contribution in [0.5, 0.6) is 11.5 Å². The Kier molecular flexibility index (Phi) is 5.57. The van der Waals surface area contributed by atoms with Gasteiger partial charge in [-0.2, -0.15) is 8.78 Å². The maximum Gasteiger partial charge on any atom is 0.387 e. The molecule has 0 heterocycles. The van der Waals surface area contributed by atoms with Gasteiger partial charge in [0.05, 0.1) is 12.7 Å². The van der Waals surface area contributed by atoms with Gasteiger partial charge in [-0.25, -0.2) is 8.78 Å². The number of alkyl halides is 2. The van der Waals surface area contributed by atoms with Crippen LogP contribution in [0.4, 0.5) is 17.6 Å². The first-order valence-corrected chi connectivity index (χ1v) is 6.71. The fourth-order valence-electron chi connectivity index (χ4n) is 1.93. The average molecular weight is 340 g/mol. The highest BCUT2D eigenvalue weighted by Crippen LogP contribution is 2.29. The van der Waals surface area contributed by atoms with Crippen LogP contribution in [0.15, 0.2) is 42.5 Å². The molecule has 2 rings (SSSR count). The average Bonchev–Trinajstić information content (AvgIpc) is 2.53. The van der Waals surface area contributed by atoms with Crippen LogP contribution in [0.2, 0.25) is 0 Å². The highest BCUT2D eigenvalue weighted by molar-refractivity contribution is 6.07. The summed E-state index contributed by atoms with van der Waals surface area (Å²) in [5.41, 5.74) is 0.168. The second-order valence-electron chi connectivity index (χ2n) is 4.61. The van der Waals surface area contributed by atoms with Crippen LogP contribution in [0.1, 0.15) is 15.9 Å². The monoisotopic (exact) mass is 340 g/mol. The number of hydrogen-bond acceptors (Lipinski definition) is 3. The molecule has 0 aliphatic rings. The van der Waals surface area contributed by atoms with E-state index >= 15 is 0 Å². The van der Waals surface area contributed by atoms with Crippen LogP contribution in [0.3, 0.4) is 0 Å². The number of benzene rings is 2. The molecule has 24 heavy (non-hydrogen) atoms. The molecular weight excluding hydrogens is 328 g/mol. The summed E-state index contributed by atoms with van der Waals surface area (Å²) in [5.74, 6) is -2.52. The molecule has 0 aromatic heterocycles. The first kappa shape index (κ1) is 17.5. The third-order valence-corrected chi connectivity index (χ3v) is 3.03. The number of carbonyl (C=O) groups is 1. The van der Waals surface area contributed by atoms with E-state index in [2.05, 4.69) is 4.74 Å². The third kappa shape index (κ3) is 4.34. The molecule has 2 aromatic carbocycles. The normalized spacial score (nSPS) is 11.1. The molecule has 0 atom stereocenters. The van der Waals surface area contributed by atoms with Gasteiger partial charge >= 0.3 is 6.61 Å². The minimum atomic E-state index is -3.00. The van der Waals surface area contributed by atoms with Crippen LogP contribution in [0.25, 0.3) is 6.08 Å². The summed E-state index contributed by atoms with van der Waals surface area (Å²) in [5, 5.41) is 0. The molecule has 7 heteroatoms. The summed E-state index contributed by atoms with van der Waals surface area (Å²) in [6.45, 7) is -3.00. The highest BCUT2D eigenvalue weighted by Gasteiger charge is 2.12. The second kappa shape index (κ2) is 7.63. The van der Waals surface area contributed by atoms with Crippen LogP contribution in [0, 0.1) is 11.6 Å². The zero-order valence-corrected chi connectivity index (χ0v) is 12.4. The largest absolute Gasteiger partial charge is 0.493 e. The van der Waals surface area contributed by atoms with Gasteiger partial charge < -0.3 is 9.47 Å². The van der Waals surface area contributed by atoms with Crippen molar-refractivity contribution >= 4 is 11.9 Å². The first-order valence-electron chi connectivity index (χ1n) is 6.71. The molecular formula is C17H12F4O3. The van der Waals surface area contributed by atoms with E-state index in [1.807, 2.05) is 0 Å².